The van der Waals surface area contributed by atoms with Gasteiger partial charge in [-0.05, 0) is 18.3 Å². The van der Waals surface area contributed by atoms with Gasteiger partial charge in [0.05, 0.1) is 0 Å². The molecule has 2 aromatic heterocycles. The molecule has 1 aliphatic carbocycles. The molecule has 0 bridgehead atoms. The predicted octanol–water partition coefficient (Wildman–Crippen LogP) is 2.07. The third-order valence-electron chi connectivity index (χ3n) is 3.47. The molecule has 3 rings (SSSR count). The first-order chi connectivity index (χ1) is 9.76. The van der Waals surface area contributed by atoms with Gasteiger partial charge in [-0.3, -0.25) is 14.3 Å². The standard InChI is InChI=1S/C14H18N4O2S/c1-14(2,3)6-8-15-10-9(12(21)16-8)11(19)17-13(20)18(10)7-4-5-7/h7H,4-6H2,1-3H3,(H,15,16,21)(H,17,19,20). The van der Waals surface area contributed by atoms with Gasteiger partial charge in [-0.25, -0.2) is 9.78 Å². The lowest BCUT2D eigenvalue weighted by atomic mass is 9.92. The predicted molar refractivity (Wildman–Crippen MR) is 83.2 cm³/mol. The molecular weight excluding hydrogens is 288 g/mol. The van der Waals surface area contributed by atoms with E-state index in [0.717, 1.165) is 12.8 Å². The summed E-state index contributed by atoms with van der Waals surface area (Å²) >= 11 is 5.26. The molecule has 1 saturated carbocycles. The number of hydrogen-bond donors (Lipinski definition) is 2. The third kappa shape index (κ3) is 2.70. The van der Waals surface area contributed by atoms with E-state index < -0.39 is 5.56 Å². The van der Waals surface area contributed by atoms with Crippen LogP contribution in [0.1, 0.15) is 45.5 Å². The number of nitrogens with zero attached hydrogens (tertiary/aromatic N) is 2. The maximum atomic E-state index is 12.1. The van der Waals surface area contributed by atoms with Crippen molar-refractivity contribution in [3.63, 3.8) is 0 Å². The van der Waals surface area contributed by atoms with Crippen molar-refractivity contribution in [3.8, 4) is 0 Å². The second-order valence-electron chi connectivity index (χ2n) is 6.81. The average molecular weight is 306 g/mol. The van der Waals surface area contributed by atoms with E-state index in [9.17, 15) is 9.59 Å². The Morgan fingerprint density at radius 2 is 1.95 bits per heavy atom. The van der Waals surface area contributed by atoms with Crippen LogP contribution in [0.5, 0.6) is 0 Å². The summed E-state index contributed by atoms with van der Waals surface area (Å²) in [4.78, 5) is 33.9. The fourth-order valence-corrected chi connectivity index (χ4v) is 2.78. The minimum atomic E-state index is -0.469. The molecule has 0 aliphatic heterocycles. The molecule has 1 aliphatic rings. The summed E-state index contributed by atoms with van der Waals surface area (Å²) in [6.45, 7) is 6.30. The van der Waals surface area contributed by atoms with Crippen LogP contribution in [0, 0.1) is 10.1 Å². The summed E-state index contributed by atoms with van der Waals surface area (Å²) in [7, 11) is 0. The zero-order chi connectivity index (χ0) is 15.4. The quantitative estimate of drug-likeness (QED) is 0.832. The number of aromatic nitrogens is 4. The van der Waals surface area contributed by atoms with Gasteiger partial charge in [0.2, 0.25) is 0 Å². The molecule has 2 N–H and O–H groups in total. The van der Waals surface area contributed by atoms with E-state index in [-0.39, 0.29) is 21.8 Å². The second-order valence-corrected chi connectivity index (χ2v) is 7.20. The number of aromatic amines is 2. The minimum Gasteiger partial charge on any atom is -0.329 e. The molecule has 7 heteroatoms. The SMILES string of the molecule is CC(C)(C)Cc1nc(=S)c2c(=O)[nH]c(=O)n(C3CC3)c2[nH]1. The Morgan fingerprint density at radius 1 is 1.29 bits per heavy atom. The fourth-order valence-electron chi connectivity index (χ4n) is 2.48. The largest absolute Gasteiger partial charge is 0.330 e. The number of H-pyrrole nitrogens is 2. The van der Waals surface area contributed by atoms with Crippen molar-refractivity contribution in [2.75, 3.05) is 0 Å². The van der Waals surface area contributed by atoms with Gasteiger partial charge in [-0.1, -0.05) is 33.0 Å². The lowest BCUT2D eigenvalue weighted by Gasteiger charge is -2.18. The van der Waals surface area contributed by atoms with Crippen molar-refractivity contribution < 1.29 is 0 Å². The van der Waals surface area contributed by atoms with Gasteiger partial charge in [-0.2, -0.15) is 0 Å². The summed E-state index contributed by atoms with van der Waals surface area (Å²) in [6, 6.07) is 0.146. The molecule has 0 radical (unpaired) electrons. The third-order valence-corrected chi connectivity index (χ3v) is 3.76. The first kappa shape index (κ1) is 14.2. The molecule has 0 atom stereocenters. The lowest BCUT2D eigenvalue weighted by molar-refractivity contribution is 0.400. The normalized spacial score (nSPS) is 15.6. The van der Waals surface area contributed by atoms with Crippen molar-refractivity contribution in [1.29, 1.82) is 0 Å². The summed E-state index contributed by atoms with van der Waals surface area (Å²) in [6.07, 6.45) is 2.58. The highest BCUT2D eigenvalue weighted by Crippen LogP contribution is 2.34. The van der Waals surface area contributed by atoms with Crippen molar-refractivity contribution in [1.82, 2.24) is 19.5 Å². The lowest BCUT2D eigenvalue weighted by Crippen LogP contribution is -2.31. The molecule has 21 heavy (non-hydrogen) atoms. The Labute approximate surface area is 126 Å². The second kappa shape index (κ2) is 4.62. The molecule has 0 aromatic carbocycles. The van der Waals surface area contributed by atoms with E-state index in [1.54, 1.807) is 4.57 Å². The van der Waals surface area contributed by atoms with Gasteiger partial charge < -0.3 is 4.98 Å². The van der Waals surface area contributed by atoms with E-state index in [0.29, 0.717) is 23.3 Å². The molecule has 2 heterocycles. The van der Waals surface area contributed by atoms with Crippen LogP contribution in [-0.2, 0) is 6.42 Å². The van der Waals surface area contributed by atoms with Crippen LogP contribution in [0.4, 0.5) is 0 Å². The molecule has 0 spiro atoms. The smallest absolute Gasteiger partial charge is 0.329 e. The van der Waals surface area contributed by atoms with Crippen LogP contribution in [0.2, 0.25) is 0 Å². The van der Waals surface area contributed by atoms with E-state index in [4.69, 9.17) is 12.2 Å². The minimum absolute atomic E-state index is 0.0326. The Hall–Kier alpha value is -1.76. The zero-order valence-electron chi connectivity index (χ0n) is 12.3. The molecule has 0 amide bonds. The molecule has 6 nitrogen and oxygen atoms in total. The number of nitrogens with one attached hydrogen (secondary N) is 2. The van der Waals surface area contributed by atoms with Gasteiger partial charge in [0.25, 0.3) is 5.56 Å². The molecule has 0 saturated heterocycles. The van der Waals surface area contributed by atoms with E-state index >= 15 is 0 Å². The zero-order valence-corrected chi connectivity index (χ0v) is 13.1. The van der Waals surface area contributed by atoms with E-state index in [1.165, 1.54) is 0 Å². The van der Waals surface area contributed by atoms with Crippen LogP contribution in [0.15, 0.2) is 9.59 Å². The molecular formula is C14H18N4O2S. The molecule has 1 fully saturated rings. The first-order valence-corrected chi connectivity index (χ1v) is 7.45. The van der Waals surface area contributed by atoms with Crippen molar-refractivity contribution in [2.45, 2.75) is 46.1 Å². The monoisotopic (exact) mass is 306 g/mol. The summed E-state index contributed by atoms with van der Waals surface area (Å²) < 4.78 is 1.86. The topological polar surface area (TPSA) is 83.5 Å². The van der Waals surface area contributed by atoms with Gasteiger partial charge in [-0.15, -0.1) is 0 Å². The van der Waals surface area contributed by atoms with Gasteiger partial charge in [0, 0.05) is 12.5 Å². The summed E-state index contributed by atoms with van der Waals surface area (Å²) in [5.74, 6) is 0.708. The Morgan fingerprint density at radius 3 is 2.52 bits per heavy atom. The Kier molecular flexibility index (Phi) is 3.12. The fraction of sp³-hybridized carbons (Fsp3) is 0.571. The van der Waals surface area contributed by atoms with Gasteiger partial charge in [0.15, 0.2) is 0 Å². The highest BCUT2D eigenvalue weighted by Gasteiger charge is 2.28. The Balaban J connectivity index is 2.34. The Bertz CT molecular complexity index is 881. The summed E-state index contributed by atoms with van der Waals surface area (Å²) in [5.41, 5.74) is -0.313. The van der Waals surface area contributed by atoms with Gasteiger partial charge in [0.1, 0.15) is 21.5 Å². The maximum Gasteiger partial charge on any atom is 0.330 e. The van der Waals surface area contributed by atoms with Crippen LogP contribution >= 0.6 is 12.2 Å². The average Bonchev–Trinajstić information content (AvgIpc) is 3.09. The highest BCUT2D eigenvalue weighted by molar-refractivity contribution is 7.71. The van der Waals surface area contributed by atoms with Crippen LogP contribution in [0.3, 0.4) is 0 Å². The van der Waals surface area contributed by atoms with Crippen molar-refractivity contribution in [2.24, 2.45) is 5.41 Å². The molecule has 112 valence electrons. The van der Waals surface area contributed by atoms with E-state index in [1.807, 2.05) is 0 Å². The van der Waals surface area contributed by atoms with E-state index in [2.05, 4.69) is 35.7 Å². The number of rotatable bonds is 2. The molecule has 0 unspecified atom stereocenters. The number of fused-ring (bicyclic) bond motifs is 1. The van der Waals surface area contributed by atoms with Gasteiger partial charge >= 0.3 is 5.69 Å². The van der Waals surface area contributed by atoms with Crippen LogP contribution in [0.25, 0.3) is 11.0 Å². The first-order valence-electron chi connectivity index (χ1n) is 7.04. The highest BCUT2D eigenvalue weighted by atomic mass is 32.1. The summed E-state index contributed by atoms with van der Waals surface area (Å²) in [5, 5.41) is 0.300. The van der Waals surface area contributed by atoms with Crippen molar-refractivity contribution in [3.05, 3.63) is 31.3 Å². The van der Waals surface area contributed by atoms with Crippen molar-refractivity contribution >= 4 is 23.3 Å². The maximum absolute atomic E-state index is 12.1. The van der Waals surface area contributed by atoms with Crippen LogP contribution < -0.4 is 11.2 Å². The molecule has 2 aromatic rings. The number of hydrogen-bond acceptors (Lipinski definition) is 4. The van der Waals surface area contributed by atoms with Crippen LogP contribution in [-0.4, -0.2) is 19.5 Å².